The van der Waals surface area contributed by atoms with Crippen LogP contribution in [0.25, 0.3) is 11.1 Å². The molecular weight excluding hydrogens is 318 g/mol. The smallest absolute Gasteiger partial charge is 0.408 e. The molecule has 0 aliphatic rings. The second-order valence-corrected chi connectivity index (χ2v) is 6.32. The van der Waals surface area contributed by atoms with Crippen molar-refractivity contribution in [2.75, 3.05) is 0 Å². The molecule has 2 aromatic rings. The van der Waals surface area contributed by atoms with E-state index in [0.717, 1.165) is 18.4 Å². The van der Waals surface area contributed by atoms with Crippen molar-refractivity contribution in [3.05, 3.63) is 34.3 Å². The molecule has 0 radical (unpaired) electrons. The molecule has 0 aliphatic heterocycles. The number of aromatic nitrogens is 1. The summed E-state index contributed by atoms with van der Waals surface area (Å²) < 4.78 is 7.06. The van der Waals surface area contributed by atoms with Crippen molar-refractivity contribution < 1.29 is 4.42 Å². The molecule has 110 valence electrons. The number of hydrogen-bond acceptors (Lipinski definition) is 2. The van der Waals surface area contributed by atoms with E-state index in [2.05, 4.69) is 35.8 Å². The zero-order valence-corrected chi connectivity index (χ0v) is 13.8. The van der Waals surface area contributed by atoms with Crippen molar-refractivity contribution >= 4 is 27.0 Å². The van der Waals surface area contributed by atoms with Crippen LogP contribution in [0, 0.1) is 0 Å². The van der Waals surface area contributed by atoms with Crippen molar-refractivity contribution in [2.45, 2.75) is 57.3 Å². The van der Waals surface area contributed by atoms with E-state index in [0.29, 0.717) is 17.0 Å². The molecule has 0 bridgehead atoms. The third-order valence-corrected chi connectivity index (χ3v) is 4.55. The summed E-state index contributed by atoms with van der Waals surface area (Å²) in [4.78, 5) is 12.1. The van der Waals surface area contributed by atoms with Gasteiger partial charge in [-0.2, -0.15) is 0 Å². The van der Waals surface area contributed by atoms with Crippen molar-refractivity contribution in [3.63, 3.8) is 0 Å². The summed E-state index contributed by atoms with van der Waals surface area (Å²) in [5.41, 5.74) is 2.78. The highest BCUT2D eigenvalue weighted by Gasteiger charge is 2.12. The summed E-state index contributed by atoms with van der Waals surface area (Å²) in [6, 6.07) is 6.09. The van der Waals surface area contributed by atoms with E-state index >= 15 is 0 Å². The number of halogens is 1. The highest BCUT2D eigenvalue weighted by molar-refractivity contribution is 9.09. The molecule has 3 nitrogen and oxygen atoms in total. The van der Waals surface area contributed by atoms with Crippen molar-refractivity contribution in [1.29, 1.82) is 0 Å². The summed E-state index contributed by atoms with van der Waals surface area (Å²) in [7, 11) is 0. The molecule has 1 aromatic carbocycles. The van der Waals surface area contributed by atoms with Crippen LogP contribution >= 0.6 is 15.9 Å². The number of rotatable bonds is 7. The van der Waals surface area contributed by atoms with Gasteiger partial charge in [0, 0.05) is 11.4 Å². The van der Waals surface area contributed by atoms with Gasteiger partial charge in [-0.05, 0) is 30.5 Å². The van der Waals surface area contributed by atoms with E-state index in [4.69, 9.17) is 4.42 Å². The number of hydrogen-bond donors (Lipinski definition) is 0. The summed E-state index contributed by atoms with van der Waals surface area (Å²) >= 11 is 3.73. The second kappa shape index (κ2) is 7.11. The lowest BCUT2D eigenvalue weighted by atomic mass is 10.1. The molecule has 0 saturated carbocycles. The molecule has 0 saturated heterocycles. The number of nitrogens with zero attached hydrogens (tertiary/aromatic N) is 1. The Labute approximate surface area is 128 Å². The molecule has 0 amide bonds. The Morgan fingerprint density at radius 1 is 1.25 bits per heavy atom. The third kappa shape index (κ3) is 3.35. The molecule has 0 spiro atoms. The van der Waals surface area contributed by atoms with Crippen LogP contribution in [-0.4, -0.2) is 4.57 Å². The lowest BCUT2D eigenvalue weighted by Gasteiger charge is -2.09. The minimum atomic E-state index is -0.254. The third-order valence-electron chi connectivity index (χ3n) is 3.56. The van der Waals surface area contributed by atoms with E-state index < -0.39 is 0 Å². The molecule has 1 heterocycles. The van der Waals surface area contributed by atoms with Gasteiger partial charge in [0.15, 0.2) is 5.58 Å². The number of fused-ring (bicyclic) bond motifs is 1. The van der Waals surface area contributed by atoms with Gasteiger partial charge >= 0.3 is 5.76 Å². The molecule has 4 heteroatoms. The molecule has 1 unspecified atom stereocenters. The van der Waals surface area contributed by atoms with E-state index in [-0.39, 0.29) is 5.76 Å². The van der Waals surface area contributed by atoms with Gasteiger partial charge in [0.25, 0.3) is 0 Å². The average molecular weight is 340 g/mol. The van der Waals surface area contributed by atoms with Crippen LogP contribution in [0.2, 0.25) is 0 Å². The number of benzene rings is 1. The zero-order chi connectivity index (χ0) is 14.5. The largest absolute Gasteiger partial charge is 0.419 e. The predicted molar refractivity (Wildman–Crippen MR) is 86.6 cm³/mol. The highest BCUT2D eigenvalue weighted by Crippen LogP contribution is 2.30. The van der Waals surface area contributed by atoms with Gasteiger partial charge < -0.3 is 4.42 Å². The molecule has 0 N–H and O–H groups in total. The van der Waals surface area contributed by atoms with E-state index in [9.17, 15) is 4.79 Å². The van der Waals surface area contributed by atoms with E-state index in [1.165, 1.54) is 24.8 Å². The van der Waals surface area contributed by atoms with Crippen LogP contribution in [0.4, 0.5) is 0 Å². The Morgan fingerprint density at radius 3 is 2.75 bits per heavy atom. The minimum absolute atomic E-state index is 0.254. The van der Waals surface area contributed by atoms with E-state index in [1.54, 1.807) is 4.57 Å². The molecule has 1 atom stereocenters. The fourth-order valence-corrected chi connectivity index (χ4v) is 3.06. The fraction of sp³-hybridized carbons (Fsp3) is 0.562. The molecule has 1 aromatic heterocycles. The standard InChI is InChI=1S/C16H22BrNO2/c1-3-5-6-7-13(17)12-8-9-14-15(11-12)20-16(19)18(14)10-4-2/h8-9,11,13H,3-7,10H2,1-2H3. The zero-order valence-electron chi connectivity index (χ0n) is 12.2. The van der Waals surface area contributed by atoms with Gasteiger partial charge in [0.2, 0.25) is 0 Å². The number of oxazole rings is 1. The predicted octanol–water partition coefficient (Wildman–Crippen LogP) is 5.02. The maximum Gasteiger partial charge on any atom is 0.419 e. The fourth-order valence-electron chi connectivity index (χ4n) is 2.45. The lowest BCUT2D eigenvalue weighted by Crippen LogP contribution is -2.13. The van der Waals surface area contributed by atoms with Crippen molar-refractivity contribution in [3.8, 4) is 0 Å². The Kier molecular flexibility index (Phi) is 5.46. The van der Waals surface area contributed by atoms with Crippen molar-refractivity contribution in [2.24, 2.45) is 0 Å². The van der Waals surface area contributed by atoms with Gasteiger partial charge in [0.05, 0.1) is 5.52 Å². The van der Waals surface area contributed by atoms with Gasteiger partial charge in [-0.15, -0.1) is 0 Å². The van der Waals surface area contributed by atoms with Gasteiger partial charge in [0.1, 0.15) is 0 Å². The average Bonchev–Trinajstić information content (AvgIpc) is 2.75. The first-order valence-corrected chi connectivity index (χ1v) is 8.36. The van der Waals surface area contributed by atoms with Crippen LogP contribution in [-0.2, 0) is 6.54 Å². The van der Waals surface area contributed by atoms with Gasteiger partial charge in [-0.25, -0.2) is 4.79 Å². The first-order chi connectivity index (χ1) is 9.67. The quantitative estimate of drug-likeness (QED) is 0.524. The highest BCUT2D eigenvalue weighted by atomic mass is 79.9. The lowest BCUT2D eigenvalue weighted by molar-refractivity contribution is 0.502. The molecule has 0 aliphatic carbocycles. The number of alkyl halides is 1. The number of aryl methyl sites for hydroxylation is 1. The summed E-state index contributed by atoms with van der Waals surface area (Å²) in [5, 5.41) is 0. The van der Waals surface area contributed by atoms with Crippen LogP contribution in [0.5, 0.6) is 0 Å². The van der Waals surface area contributed by atoms with Crippen LogP contribution in [0.1, 0.15) is 56.3 Å². The van der Waals surface area contributed by atoms with Gasteiger partial charge in [-0.3, -0.25) is 4.57 Å². The maximum atomic E-state index is 11.8. The Morgan fingerprint density at radius 2 is 2.05 bits per heavy atom. The Hall–Kier alpha value is -1.03. The monoisotopic (exact) mass is 339 g/mol. The van der Waals surface area contributed by atoms with Crippen molar-refractivity contribution in [1.82, 2.24) is 4.57 Å². The first-order valence-electron chi connectivity index (χ1n) is 7.44. The summed E-state index contributed by atoms with van der Waals surface area (Å²) in [5.74, 6) is -0.254. The summed E-state index contributed by atoms with van der Waals surface area (Å²) in [6.07, 6.45) is 5.73. The Bertz CT molecular complexity index is 614. The molecule has 20 heavy (non-hydrogen) atoms. The molecule has 0 fully saturated rings. The minimum Gasteiger partial charge on any atom is -0.408 e. The van der Waals surface area contributed by atoms with Crippen LogP contribution < -0.4 is 5.76 Å². The second-order valence-electron chi connectivity index (χ2n) is 5.21. The normalized spacial score (nSPS) is 12.9. The topological polar surface area (TPSA) is 35.1 Å². The first kappa shape index (κ1) is 15.4. The number of unbranched alkanes of at least 4 members (excludes halogenated alkanes) is 2. The summed E-state index contributed by atoms with van der Waals surface area (Å²) in [6.45, 7) is 4.97. The van der Waals surface area contributed by atoms with Crippen LogP contribution in [0.3, 0.4) is 0 Å². The SMILES string of the molecule is CCCCCC(Br)c1ccc2c(c1)oc(=O)n2CCC. The molecular formula is C16H22BrNO2. The maximum absolute atomic E-state index is 11.8. The molecule has 2 rings (SSSR count). The van der Waals surface area contributed by atoms with Gasteiger partial charge in [-0.1, -0.05) is 55.1 Å². The Balaban J connectivity index is 2.23. The van der Waals surface area contributed by atoms with E-state index in [1.807, 2.05) is 12.1 Å². The van der Waals surface area contributed by atoms with Crippen LogP contribution in [0.15, 0.2) is 27.4 Å².